The molecule has 1 heterocycles. The third-order valence-electron chi connectivity index (χ3n) is 5.39. The second kappa shape index (κ2) is 7.85. The quantitative estimate of drug-likeness (QED) is 0.818. The first-order valence-electron chi connectivity index (χ1n) is 9.57. The minimum atomic E-state index is -0.116. The van der Waals surface area contributed by atoms with Crippen molar-refractivity contribution in [1.82, 2.24) is 9.55 Å². The van der Waals surface area contributed by atoms with E-state index in [-0.39, 0.29) is 17.4 Å². The van der Waals surface area contributed by atoms with E-state index in [2.05, 4.69) is 24.1 Å². The monoisotopic (exact) mass is 387 g/mol. The highest BCUT2D eigenvalue weighted by molar-refractivity contribution is 6.33. The number of hydrogen-bond acceptors (Lipinski definition) is 4. The van der Waals surface area contributed by atoms with Gasteiger partial charge in [-0.15, -0.1) is 0 Å². The maximum absolute atomic E-state index is 13.0. The molecule has 0 saturated heterocycles. The minimum Gasteiger partial charge on any atom is -0.376 e. The number of aryl methyl sites for hydroxylation is 2. The summed E-state index contributed by atoms with van der Waals surface area (Å²) in [6.45, 7) is 6.03. The molecule has 1 aliphatic carbocycles. The minimum absolute atomic E-state index is 0.116. The van der Waals surface area contributed by atoms with E-state index in [1.165, 1.54) is 4.57 Å². The SMILES string of the molecule is CCC(CC)Nc1c(C)nc(-c2cc3c(cc2Cl)C(=O)CCC3)n(C)c1=O. The van der Waals surface area contributed by atoms with Crippen LogP contribution in [0.4, 0.5) is 5.69 Å². The van der Waals surface area contributed by atoms with Crippen molar-refractivity contribution in [2.75, 3.05) is 5.32 Å². The standard InChI is InChI=1S/C21H26ClN3O2/c1-5-14(6-2)24-19-12(3)23-20(25(4)21(19)27)16-10-13-8-7-9-18(26)15(13)11-17(16)22/h10-11,14,24H,5-9H2,1-4H3. The van der Waals surface area contributed by atoms with Gasteiger partial charge in [0.15, 0.2) is 5.78 Å². The molecule has 0 saturated carbocycles. The summed E-state index contributed by atoms with van der Waals surface area (Å²) in [5, 5.41) is 3.78. The molecule has 0 spiro atoms. The molecular weight excluding hydrogens is 362 g/mol. The van der Waals surface area contributed by atoms with Crippen LogP contribution in [0.3, 0.4) is 0 Å². The Labute approximate surface area is 164 Å². The van der Waals surface area contributed by atoms with Crippen LogP contribution >= 0.6 is 11.6 Å². The van der Waals surface area contributed by atoms with Crippen LogP contribution in [0.25, 0.3) is 11.4 Å². The van der Waals surface area contributed by atoms with Crippen LogP contribution < -0.4 is 10.9 Å². The molecule has 1 aromatic carbocycles. The van der Waals surface area contributed by atoms with Crippen molar-refractivity contribution >= 4 is 23.1 Å². The Morgan fingerprint density at radius 3 is 2.56 bits per heavy atom. The molecule has 0 radical (unpaired) electrons. The lowest BCUT2D eigenvalue weighted by Crippen LogP contribution is -2.29. The largest absolute Gasteiger partial charge is 0.376 e. The second-order valence-electron chi connectivity index (χ2n) is 7.18. The van der Waals surface area contributed by atoms with Gasteiger partial charge in [0.1, 0.15) is 11.5 Å². The summed E-state index contributed by atoms with van der Waals surface area (Å²) in [6, 6.07) is 3.89. The van der Waals surface area contributed by atoms with Crippen molar-refractivity contribution < 1.29 is 4.79 Å². The normalized spacial score (nSPS) is 13.8. The fraction of sp³-hybridized carbons (Fsp3) is 0.476. The van der Waals surface area contributed by atoms with Crippen LogP contribution in [-0.4, -0.2) is 21.4 Å². The summed E-state index contributed by atoms with van der Waals surface area (Å²) in [5.41, 5.74) is 3.46. The molecule has 0 bridgehead atoms. The van der Waals surface area contributed by atoms with Crippen LogP contribution in [0.1, 0.15) is 61.1 Å². The van der Waals surface area contributed by atoms with E-state index < -0.39 is 0 Å². The Morgan fingerprint density at radius 1 is 1.19 bits per heavy atom. The van der Waals surface area contributed by atoms with Crippen LogP contribution in [0.15, 0.2) is 16.9 Å². The van der Waals surface area contributed by atoms with Gasteiger partial charge in [0, 0.05) is 30.6 Å². The Hall–Kier alpha value is -2.14. The van der Waals surface area contributed by atoms with E-state index in [4.69, 9.17) is 11.6 Å². The van der Waals surface area contributed by atoms with Crippen LogP contribution in [0.2, 0.25) is 5.02 Å². The average Bonchev–Trinajstić information content (AvgIpc) is 2.65. The number of nitrogens with zero attached hydrogens (tertiary/aromatic N) is 2. The predicted octanol–water partition coefficient (Wildman–Crippen LogP) is 4.53. The second-order valence-corrected chi connectivity index (χ2v) is 7.59. The number of ketones is 1. The summed E-state index contributed by atoms with van der Waals surface area (Å²) in [5.74, 6) is 0.658. The van der Waals surface area contributed by atoms with Crippen molar-refractivity contribution in [3.8, 4) is 11.4 Å². The molecule has 5 nitrogen and oxygen atoms in total. The van der Waals surface area contributed by atoms with Gasteiger partial charge in [0.2, 0.25) is 0 Å². The van der Waals surface area contributed by atoms with E-state index in [0.717, 1.165) is 31.2 Å². The molecule has 6 heteroatoms. The van der Waals surface area contributed by atoms with Gasteiger partial charge in [-0.25, -0.2) is 4.98 Å². The molecular formula is C21H26ClN3O2. The molecule has 144 valence electrons. The molecule has 2 aromatic rings. The van der Waals surface area contributed by atoms with Crippen LogP contribution in [0.5, 0.6) is 0 Å². The van der Waals surface area contributed by atoms with Gasteiger partial charge in [0.05, 0.1) is 10.7 Å². The Morgan fingerprint density at radius 2 is 1.89 bits per heavy atom. The summed E-state index contributed by atoms with van der Waals surface area (Å²) in [7, 11) is 1.71. The third kappa shape index (κ3) is 3.65. The van der Waals surface area contributed by atoms with Gasteiger partial charge < -0.3 is 5.32 Å². The summed E-state index contributed by atoms with van der Waals surface area (Å²) in [6.07, 6.45) is 4.12. The highest BCUT2D eigenvalue weighted by Crippen LogP contribution is 2.33. The molecule has 0 fully saturated rings. The first-order chi connectivity index (χ1) is 12.9. The zero-order valence-electron chi connectivity index (χ0n) is 16.4. The van der Waals surface area contributed by atoms with E-state index in [1.54, 1.807) is 13.1 Å². The molecule has 1 aromatic heterocycles. The summed E-state index contributed by atoms with van der Waals surface area (Å²) < 4.78 is 1.54. The predicted molar refractivity (Wildman–Crippen MR) is 110 cm³/mol. The van der Waals surface area contributed by atoms with E-state index in [9.17, 15) is 9.59 Å². The lowest BCUT2D eigenvalue weighted by Gasteiger charge is -2.20. The first-order valence-corrected chi connectivity index (χ1v) is 9.95. The van der Waals surface area contributed by atoms with Crippen molar-refractivity contribution in [1.29, 1.82) is 0 Å². The van der Waals surface area contributed by atoms with E-state index in [0.29, 0.717) is 39.8 Å². The zero-order chi connectivity index (χ0) is 19.7. The molecule has 0 amide bonds. The van der Waals surface area contributed by atoms with Gasteiger partial charge in [-0.3, -0.25) is 14.2 Å². The Kier molecular flexibility index (Phi) is 5.70. The molecule has 3 rings (SSSR count). The lowest BCUT2D eigenvalue weighted by atomic mass is 9.89. The average molecular weight is 388 g/mol. The van der Waals surface area contributed by atoms with Gasteiger partial charge in [-0.2, -0.15) is 0 Å². The number of aromatic nitrogens is 2. The summed E-state index contributed by atoms with van der Waals surface area (Å²) in [4.78, 5) is 29.8. The number of fused-ring (bicyclic) bond motifs is 1. The van der Waals surface area contributed by atoms with Crippen molar-refractivity contribution in [2.45, 2.75) is 58.9 Å². The van der Waals surface area contributed by atoms with E-state index >= 15 is 0 Å². The fourth-order valence-corrected chi connectivity index (χ4v) is 3.89. The van der Waals surface area contributed by atoms with E-state index in [1.807, 2.05) is 13.0 Å². The number of carbonyl (C=O) groups excluding carboxylic acids is 1. The van der Waals surface area contributed by atoms with Crippen molar-refractivity contribution in [2.24, 2.45) is 7.05 Å². The van der Waals surface area contributed by atoms with Gasteiger partial charge in [0.25, 0.3) is 5.56 Å². The molecule has 0 aliphatic heterocycles. The van der Waals surface area contributed by atoms with Crippen molar-refractivity contribution in [3.05, 3.63) is 44.3 Å². The summed E-state index contributed by atoms with van der Waals surface area (Å²) >= 11 is 6.48. The number of rotatable bonds is 5. The topological polar surface area (TPSA) is 64.0 Å². The number of anilines is 1. The molecule has 0 unspecified atom stereocenters. The number of Topliss-reactive ketones (excluding diaryl/α,β-unsaturated/α-hetero) is 1. The highest BCUT2D eigenvalue weighted by atomic mass is 35.5. The maximum atomic E-state index is 13.0. The Bertz CT molecular complexity index is 945. The molecule has 0 atom stereocenters. The molecule has 27 heavy (non-hydrogen) atoms. The third-order valence-corrected chi connectivity index (χ3v) is 5.70. The smallest absolute Gasteiger partial charge is 0.277 e. The van der Waals surface area contributed by atoms with Gasteiger partial charge in [-0.05, 0) is 50.3 Å². The maximum Gasteiger partial charge on any atom is 0.277 e. The van der Waals surface area contributed by atoms with Crippen LogP contribution in [0, 0.1) is 6.92 Å². The number of nitrogens with one attached hydrogen (secondary N) is 1. The number of benzene rings is 1. The highest BCUT2D eigenvalue weighted by Gasteiger charge is 2.22. The molecule has 1 N–H and O–H groups in total. The Balaban J connectivity index is 2.11. The van der Waals surface area contributed by atoms with Crippen LogP contribution in [-0.2, 0) is 13.5 Å². The first kappa shape index (κ1) is 19.6. The lowest BCUT2D eigenvalue weighted by molar-refractivity contribution is 0.0972. The van der Waals surface area contributed by atoms with Gasteiger partial charge in [-0.1, -0.05) is 25.4 Å². The van der Waals surface area contributed by atoms with Gasteiger partial charge >= 0.3 is 0 Å². The fourth-order valence-electron chi connectivity index (χ4n) is 3.64. The zero-order valence-corrected chi connectivity index (χ0v) is 17.1. The number of carbonyl (C=O) groups is 1. The number of hydrogen-bond donors (Lipinski definition) is 1. The number of halogens is 1. The van der Waals surface area contributed by atoms with Crippen molar-refractivity contribution in [3.63, 3.8) is 0 Å². The molecule has 1 aliphatic rings.